The molecule has 2 aromatic rings. The molecule has 1 saturated heterocycles. The number of aryl methyl sites for hydroxylation is 2. The van der Waals surface area contributed by atoms with Crippen molar-refractivity contribution >= 4 is 23.5 Å². The molecular weight excluding hydrogens is 354 g/mol. The van der Waals surface area contributed by atoms with Gasteiger partial charge in [-0.1, -0.05) is 6.07 Å². The monoisotopic (exact) mass is 381 g/mol. The molecule has 1 aromatic carbocycles. The maximum absolute atomic E-state index is 12.7. The number of carbonyl (C=O) groups excluding carboxylic acids is 2. The predicted octanol–water partition coefficient (Wildman–Crippen LogP) is 2.19. The van der Waals surface area contributed by atoms with E-state index in [9.17, 15) is 9.59 Å². The van der Waals surface area contributed by atoms with Crippen LogP contribution in [-0.4, -0.2) is 59.4 Å². The summed E-state index contributed by atoms with van der Waals surface area (Å²) in [7, 11) is 0. The topological polar surface area (TPSA) is 69.6 Å². The van der Waals surface area contributed by atoms with E-state index in [1.165, 1.54) is 12.5 Å². The maximum atomic E-state index is 12.7. The maximum Gasteiger partial charge on any atom is 0.225 e. The SMILES string of the molecule is CC(=O)N(CCC(=O)N1CCN(c2ncccn2)CC1)c1ccc(C)c(C)c1. The van der Waals surface area contributed by atoms with Gasteiger partial charge in [0.25, 0.3) is 0 Å². The van der Waals surface area contributed by atoms with Gasteiger partial charge in [-0.2, -0.15) is 0 Å². The van der Waals surface area contributed by atoms with Gasteiger partial charge in [-0.15, -0.1) is 0 Å². The minimum atomic E-state index is -0.0536. The first-order valence-electron chi connectivity index (χ1n) is 9.61. The van der Waals surface area contributed by atoms with E-state index in [-0.39, 0.29) is 11.8 Å². The molecule has 0 radical (unpaired) electrons. The van der Waals surface area contributed by atoms with Crippen LogP contribution in [0.2, 0.25) is 0 Å². The number of benzene rings is 1. The quantitative estimate of drug-likeness (QED) is 0.794. The van der Waals surface area contributed by atoms with Gasteiger partial charge in [0.15, 0.2) is 0 Å². The van der Waals surface area contributed by atoms with E-state index in [0.29, 0.717) is 45.1 Å². The van der Waals surface area contributed by atoms with E-state index in [1.807, 2.05) is 36.9 Å². The Kier molecular flexibility index (Phi) is 6.23. The van der Waals surface area contributed by atoms with Crippen molar-refractivity contribution in [2.75, 3.05) is 42.5 Å². The van der Waals surface area contributed by atoms with E-state index in [0.717, 1.165) is 11.3 Å². The van der Waals surface area contributed by atoms with Crippen LogP contribution in [0.5, 0.6) is 0 Å². The van der Waals surface area contributed by atoms with Crippen LogP contribution in [0.4, 0.5) is 11.6 Å². The average molecular weight is 381 g/mol. The minimum absolute atomic E-state index is 0.0536. The fraction of sp³-hybridized carbons (Fsp3) is 0.429. The molecule has 7 heteroatoms. The molecule has 7 nitrogen and oxygen atoms in total. The van der Waals surface area contributed by atoms with Crippen molar-refractivity contribution in [3.05, 3.63) is 47.8 Å². The van der Waals surface area contributed by atoms with Crippen molar-refractivity contribution in [2.24, 2.45) is 0 Å². The number of aromatic nitrogens is 2. The fourth-order valence-corrected chi connectivity index (χ4v) is 3.34. The number of nitrogens with zero attached hydrogens (tertiary/aromatic N) is 5. The molecule has 0 bridgehead atoms. The van der Waals surface area contributed by atoms with Crippen LogP contribution in [0.25, 0.3) is 0 Å². The van der Waals surface area contributed by atoms with Gasteiger partial charge in [0.1, 0.15) is 0 Å². The first kappa shape index (κ1) is 19.8. The summed E-state index contributed by atoms with van der Waals surface area (Å²) >= 11 is 0. The zero-order chi connectivity index (χ0) is 20.1. The van der Waals surface area contributed by atoms with Crippen LogP contribution < -0.4 is 9.80 Å². The van der Waals surface area contributed by atoms with Gasteiger partial charge < -0.3 is 14.7 Å². The lowest BCUT2D eigenvalue weighted by atomic mass is 10.1. The van der Waals surface area contributed by atoms with Crippen LogP contribution in [0.3, 0.4) is 0 Å². The molecule has 1 fully saturated rings. The molecule has 0 spiro atoms. The van der Waals surface area contributed by atoms with E-state index >= 15 is 0 Å². The van der Waals surface area contributed by atoms with E-state index in [4.69, 9.17) is 0 Å². The van der Waals surface area contributed by atoms with Crippen molar-refractivity contribution in [3.63, 3.8) is 0 Å². The Balaban J connectivity index is 1.55. The second-order valence-electron chi connectivity index (χ2n) is 7.11. The van der Waals surface area contributed by atoms with Gasteiger partial charge in [0.2, 0.25) is 17.8 Å². The van der Waals surface area contributed by atoms with Crippen LogP contribution in [0.1, 0.15) is 24.5 Å². The average Bonchev–Trinajstić information content (AvgIpc) is 2.71. The summed E-state index contributed by atoms with van der Waals surface area (Å²) in [6.07, 6.45) is 3.76. The van der Waals surface area contributed by atoms with Crippen molar-refractivity contribution in [1.82, 2.24) is 14.9 Å². The molecule has 2 amide bonds. The summed E-state index contributed by atoms with van der Waals surface area (Å²) < 4.78 is 0. The Morgan fingerprint density at radius 3 is 2.32 bits per heavy atom. The lowest BCUT2D eigenvalue weighted by Gasteiger charge is -2.35. The van der Waals surface area contributed by atoms with Crippen molar-refractivity contribution in [2.45, 2.75) is 27.2 Å². The zero-order valence-corrected chi connectivity index (χ0v) is 16.8. The van der Waals surface area contributed by atoms with Gasteiger partial charge in [-0.25, -0.2) is 9.97 Å². The predicted molar refractivity (Wildman–Crippen MR) is 109 cm³/mol. The third-order valence-electron chi connectivity index (χ3n) is 5.20. The van der Waals surface area contributed by atoms with Crippen LogP contribution in [0, 0.1) is 13.8 Å². The Bertz CT molecular complexity index is 832. The van der Waals surface area contributed by atoms with E-state index in [2.05, 4.69) is 14.9 Å². The largest absolute Gasteiger partial charge is 0.339 e. The second-order valence-corrected chi connectivity index (χ2v) is 7.11. The Hall–Kier alpha value is -2.96. The third-order valence-corrected chi connectivity index (χ3v) is 5.20. The summed E-state index contributed by atoms with van der Waals surface area (Å²) in [5.74, 6) is 0.720. The second kappa shape index (κ2) is 8.82. The Morgan fingerprint density at radius 1 is 1.04 bits per heavy atom. The fourth-order valence-electron chi connectivity index (χ4n) is 3.34. The van der Waals surface area contributed by atoms with Crippen LogP contribution in [0.15, 0.2) is 36.7 Å². The van der Waals surface area contributed by atoms with Crippen LogP contribution >= 0.6 is 0 Å². The molecule has 0 N–H and O–H groups in total. The first-order chi connectivity index (χ1) is 13.5. The smallest absolute Gasteiger partial charge is 0.225 e. The van der Waals surface area contributed by atoms with Crippen molar-refractivity contribution < 1.29 is 9.59 Å². The van der Waals surface area contributed by atoms with Gasteiger partial charge in [-0.3, -0.25) is 9.59 Å². The lowest BCUT2D eigenvalue weighted by Crippen LogP contribution is -2.49. The third kappa shape index (κ3) is 4.65. The molecule has 0 atom stereocenters. The van der Waals surface area contributed by atoms with E-state index in [1.54, 1.807) is 23.4 Å². The standard InChI is InChI=1S/C21H27N5O2/c1-16-5-6-19(15-17(16)2)26(18(3)27)10-7-20(28)24-11-13-25(14-12-24)21-22-8-4-9-23-21/h4-6,8-9,15H,7,10-14H2,1-3H3. The van der Waals surface area contributed by atoms with Gasteiger partial charge in [0, 0.05) is 64.1 Å². The number of piperazine rings is 1. The minimum Gasteiger partial charge on any atom is -0.339 e. The normalized spacial score (nSPS) is 14.1. The molecule has 1 aromatic heterocycles. The molecular formula is C21H27N5O2. The number of hydrogen-bond donors (Lipinski definition) is 0. The molecule has 0 unspecified atom stereocenters. The zero-order valence-electron chi connectivity index (χ0n) is 16.8. The van der Waals surface area contributed by atoms with Crippen LogP contribution in [-0.2, 0) is 9.59 Å². The van der Waals surface area contributed by atoms with Crippen molar-refractivity contribution in [1.29, 1.82) is 0 Å². The molecule has 148 valence electrons. The number of hydrogen-bond acceptors (Lipinski definition) is 5. The summed E-state index contributed by atoms with van der Waals surface area (Å²) in [5.41, 5.74) is 3.16. The molecule has 1 aliphatic rings. The highest BCUT2D eigenvalue weighted by Crippen LogP contribution is 2.20. The number of carbonyl (C=O) groups is 2. The summed E-state index contributed by atoms with van der Waals surface area (Å²) in [4.78, 5) is 38.9. The first-order valence-corrected chi connectivity index (χ1v) is 9.61. The molecule has 1 aliphatic heterocycles. The highest BCUT2D eigenvalue weighted by Gasteiger charge is 2.23. The molecule has 28 heavy (non-hydrogen) atoms. The molecule has 3 rings (SSSR count). The summed E-state index contributed by atoms with van der Waals surface area (Å²) in [6, 6.07) is 7.74. The highest BCUT2D eigenvalue weighted by atomic mass is 16.2. The number of amides is 2. The summed E-state index contributed by atoms with van der Waals surface area (Å²) in [5, 5.41) is 0. The van der Waals surface area contributed by atoms with Crippen molar-refractivity contribution in [3.8, 4) is 0 Å². The van der Waals surface area contributed by atoms with Gasteiger partial charge in [0.05, 0.1) is 0 Å². The number of rotatable bonds is 5. The van der Waals surface area contributed by atoms with Gasteiger partial charge >= 0.3 is 0 Å². The highest BCUT2D eigenvalue weighted by molar-refractivity contribution is 5.92. The molecule has 0 saturated carbocycles. The lowest BCUT2D eigenvalue weighted by molar-refractivity contribution is -0.131. The molecule has 2 heterocycles. The number of anilines is 2. The Labute approximate surface area is 166 Å². The molecule has 0 aliphatic carbocycles. The Morgan fingerprint density at radius 2 is 1.71 bits per heavy atom. The van der Waals surface area contributed by atoms with E-state index < -0.39 is 0 Å². The summed E-state index contributed by atoms with van der Waals surface area (Å²) in [6.45, 7) is 8.70. The van der Waals surface area contributed by atoms with Gasteiger partial charge in [-0.05, 0) is 43.2 Å².